The van der Waals surface area contributed by atoms with Gasteiger partial charge in [-0.15, -0.1) is 0 Å². The van der Waals surface area contributed by atoms with Crippen molar-refractivity contribution in [2.24, 2.45) is 5.41 Å². The summed E-state index contributed by atoms with van der Waals surface area (Å²) in [5, 5.41) is 2.83. The smallest absolute Gasteiger partial charge is 0.246 e. The molecular formula is C12H22N2O2S. The highest BCUT2D eigenvalue weighted by Gasteiger charge is 2.43. The number of carbonyl (C=O) groups excluding carboxylic acids is 2. The zero-order valence-electron chi connectivity index (χ0n) is 11.2. The monoisotopic (exact) mass is 258 g/mol. The average Bonchev–Trinajstić information content (AvgIpc) is 2.22. The topological polar surface area (TPSA) is 49.4 Å². The Bertz CT molecular complexity index is 312. The van der Waals surface area contributed by atoms with E-state index < -0.39 is 6.04 Å². The van der Waals surface area contributed by atoms with Crippen LogP contribution < -0.4 is 5.32 Å². The molecule has 0 aromatic carbocycles. The summed E-state index contributed by atoms with van der Waals surface area (Å²) < 4.78 is 0. The molecular weight excluding hydrogens is 236 g/mol. The van der Waals surface area contributed by atoms with E-state index in [1.54, 1.807) is 23.6 Å². The molecule has 1 aliphatic rings. The van der Waals surface area contributed by atoms with Crippen molar-refractivity contribution in [3.63, 3.8) is 0 Å². The molecule has 5 heteroatoms. The molecule has 0 aromatic rings. The van der Waals surface area contributed by atoms with Crippen molar-refractivity contribution in [1.29, 1.82) is 0 Å². The first kappa shape index (κ1) is 14.4. The maximum absolute atomic E-state index is 12.3. The summed E-state index contributed by atoms with van der Waals surface area (Å²) in [7, 11) is 0. The molecule has 1 saturated heterocycles. The van der Waals surface area contributed by atoms with Gasteiger partial charge in [-0.25, -0.2) is 0 Å². The van der Waals surface area contributed by atoms with Crippen LogP contribution in [0.3, 0.4) is 0 Å². The fraction of sp³-hybridized carbons (Fsp3) is 0.833. The van der Waals surface area contributed by atoms with Gasteiger partial charge in [0.2, 0.25) is 11.8 Å². The highest BCUT2D eigenvalue weighted by atomic mass is 32.2. The lowest BCUT2D eigenvalue weighted by molar-refractivity contribution is -0.151. The highest BCUT2D eigenvalue weighted by molar-refractivity contribution is 7.98. The quantitative estimate of drug-likeness (QED) is 0.825. The van der Waals surface area contributed by atoms with Crippen molar-refractivity contribution in [2.45, 2.75) is 39.8 Å². The molecule has 1 rings (SSSR count). The van der Waals surface area contributed by atoms with Gasteiger partial charge in [-0.1, -0.05) is 20.8 Å². The van der Waals surface area contributed by atoms with Gasteiger partial charge in [0.25, 0.3) is 0 Å². The summed E-state index contributed by atoms with van der Waals surface area (Å²) in [4.78, 5) is 25.9. The van der Waals surface area contributed by atoms with Crippen LogP contribution in [0.5, 0.6) is 0 Å². The zero-order chi connectivity index (χ0) is 13.2. The summed E-state index contributed by atoms with van der Waals surface area (Å²) >= 11 is 1.68. The molecule has 2 unspecified atom stereocenters. The van der Waals surface area contributed by atoms with Gasteiger partial charge in [0, 0.05) is 12.3 Å². The Hall–Kier alpha value is -0.710. The van der Waals surface area contributed by atoms with Crippen LogP contribution in [0.25, 0.3) is 0 Å². The van der Waals surface area contributed by atoms with Crippen LogP contribution in [0.2, 0.25) is 0 Å². The molecule has 4 nitrogen and oxygen atoms in total. The molecule has 1 aliphatic heterocycles. The Morgan fingerprint density at radius 1 is 1.35 bits per heavy atom. The maximum atomic E-state index is 12.3. The number of piperazine rings is 1. The summed E-state index contributed by atoms with van der Waals surface area (Å²) in [6, 6.07) is -0.763. The molecule has 1 N–H and O–H groups in total. The number of thioether (sulfide) groups is 1. The first-order chi connectivity index (χ1) is 7.79. The van der Waals surface area contributed by atoms with Crippen LogP contribution in [0, 0.1) is 5.41 Å². The lowest BCUT2D eigenvalue weighted by Crippen LogP contribution is -2.66. The molecule has 1 heterocycles. The number of rotatable bonds is 3. The largest absolute Gasteiger partial charge is 0.342 e. The third kappa shape index (κ3) is 3.15. The minimum atomic E-state index is -0.409. The fourth-order valence-corrected chi connectivity index (χ4v) is 2.28. The minimum Gasteiger partial charge on any atom is -0.342 e. The van der Waals surface area contributed by atoms with Crippen molar-refractivity contribution >= 4 is 23.6 Å². The van der Waals surface area contributed by atoms with E-state index in [2.05, 4.69) is 5.32 Å². The van der Waals surface area contributed by atoms with Crippen LogP contribution in [0.4, 0.5) is 0 Å². The van der Waals surface area contributed by atoms with Gasteiger partial charge in [-0.3, -0.25) is 9.59 Å². The number of hydrogen-bond donors (Lipinski definition) is 1. The number of carbonyl (C=O) groups is 2. The van der Waals surface area contributed by atoms with Crippen LogP contribution in [-0.2, 0) is 9.59 Å². The van der Waals surface area contributed by atoms with Gasteiger partial charge in [-0.2, -0.15) is 11.8 Å². The van der Waals surface area contributed by atoms with Crippen molar-refractivity contribution in [3.8, 4) is 0 Å². The number of nitrogens with one attached hydrogen (secondary N) is 1. The third-order valence-electron chi connectivity index (χ3n) is 3.07. The van der Waals surface area contributed by atoms with Gasteiger partial charge >= 0.3 is 0 Å². The maximum Gasteiger partial charge on any atom is 0.246 e. The molecule has 0 aliphatic carbocycles. The molecule has 17 heavy (non-hydrogen) atoms. The van der Waals surface area contributed by atoms with Gasteiger partial charge in [-0.05, 0) is 18.6 Å². The Kier molecular flexibility index (Phi) is 4.47. The zero-order valence-corrected chi connectivity index (χ0v) is 12.1. The number of amides is 2. The van der Waals surface area contributed by atoms with E-state index in [0.29, 0.717) is 6.54 Å². The summed E-state index contributed by atoms with van der Waals surface area (Å²) in [5.74, 6) is 0.851. The molecule has 0 saturated carbocycles. The lowest BCUT2D eigenvalue weighted by Gasteiger charge is -2.42. The second kappa shape index (κ2) is 5.29. The lowest BCUT2D eigenvalue weighted by atomic mass is 9.84. The fourth-order valence-electron chi connectivity index (χ4n) is 1.90. The second-order valence-corrected chi connectivity index (χ2v) is 6.49. The van der Waals surface area contributed by atoms with Crippen molar-refractivity contribution in [3.05, 3.63) is 0 Å². The molecule has 0 spiro atoms. The van der Waals surface area contributed by atoms with E-state index in [9.17, 15) is 9.59 Å². The molecule has 2 amide bonds. The molecule has 0 bridgehead atoms. The first-order valence-corrected chi connectivity index (χ1v) is 7.28. The normalized spacial score (nSPS) is 26.1. The Morgan fingerprint density at radius 2 is 1.94 bits per heavy atom. The average molecular weight is 258 g/mol. The van der Waals surface area contributed by atoms with Crippen molar-refractivity contribution in [1.82, 2.24) is 10.2 Å². The van der Waals surface area contributed by atoms with Crippen LogP contribution in [-0.4, -0.2) is 47.4 Å². The van der Waals surface area contributed by atoms with Gasteiger partial charge in [0.1, 0.15) is 12.1 Å². The van der Waals surface area contributed by atoms with E-state index in [1.807, 2.05) is 27.0 Å². The number of nitrogens with zero attached hydrogens (tertiary/aromatic N) is 1. The predicted molar refractivity (Wildman–Crippen MR) is 70.9 cm³/mol. The SMILES string of the molecule is CSCCN1C(=O)C(C(C)(C)C)NC(=O)C1C. The second-order valence-electron chi connectivity index (χ2n) is 5.51. The van der Waals surface area contributed by atoms with E-state index in [1.165, 1.54) is 0 Å². The third-order valence-corrected chi connectivity index (χ3v) is 3.66. The van der Waals surface area contributed by atoms with E-state index >= 15 is 0 Å². The van der Waals surface area contributed by atoms with Crippen LogP contribution >= 0.6 is 11.8 Å². The Labute approximate surface area is 108 Å². The summed E-state index contributed by atoms with van der Waals surface area (Å²) in [6.45, 7) is 8.34. The molecule has 98 valence electrons. The first-order valence-electron chi connectivity index (χ1n) is 5.89. The summed E-state index contributed by atoms with van der Waals surface area (Å²) in [6.07, 6.45) is 2.00. The highest BCUT2D eigenvalue weighted by Crippen LogP contribution is 2.25. The van der Waals surface area contributed by atoms with Gasteiger partial charge in [0.05, 0.1) is 0 Å². The van der Waals surface area contributed by atoms with Crippen LogP contribution in [0.1, 0.15) is 27.7 Å². The Morgan fingerprint density at radius 3 is 2.41 bits per heavy atom. The van der Waals surface area contributed by atoms with Crippen molar-refractivity contribution < 1.29 is 9.59 Å². The molecule has 1 fully saturated rings. The standard InChI is InChI=1S/C12H22N2O2S/c1-8-10(15)13-9(12(2,3)4)11(16)14(8)6-7-17-5/h8-9H,6-7H2,1-5H3,(H,13,15). The molecule has 0 radical (unpaired) electrons. The summed E-state index contributed by atoms with van der Waals surface area (Å²) in [5.41, 5.74) is -0.246. The van der Waals surface area contributed by atoms with Crippen molar-refractivity contribution in [2.75, 3.05) is 18.6 Å². The van der Waals surface area contributed by atoms with E-state index in [-0.39, 0.29) is 23.3 Å². The number of hydrogen-bond acceptors (Lipinski definition) is 3. The van der Waals surface area contributed by atoms with Crippen LogP contribution in [0.15, 0.2) is 0 Å². The Balaban J connectivity index is 2.87. The molecule has 0 aromatic heterocycles. The van der Waals surface area contributed by atoms with Gasteiger partial charge < -0.3 is 10.2 Å². The van der Waals surface area contributed by atoms with E-state index in [4.69, 9.17) is 0 Å². The van der Waals surface area contributed by atoms with Gasteiger partial charge in [0.15, 0.2) is 0 Å². The van der Waals surface area contributed by atoms with E-state index in [0.717, 1.165) is 5.75 Å². The minimum absolute atomic E-state index is 0.0404. The molecule has 2 atom stereocenters. The predicted octanol–water partition coefficient (Wildman–Crippen LogP) is 1.11.